The first kappa shape index (κ1) is 27.4. The van der Waals surface area contributed by atoms with Crippen LogP contribution in [0.2, 0.25) is 0 Å². The monoisotopic (exact) mass is 487 g/mol. The molecule has 0 heterocycles. The maximum atomic E-state index is 13.2. The zero-order valence-electron chi connectivity index (χ0n) is 20.8. The van der Waals surface area contributed by atoms with Crippen LogP contribution in [0.3, 0.4) is 0 Å². The molecule has 0 aliphatic heterocycles. The molecule has 0 spiro atoms. The van der Waals surface area contributed by atoms with Gasteiger partial charge in [0.05, 0.1) is 11.9 Å². The lowest BCUT2D eigenvalue weighted by Gasteiger charge is -2.29. The second-order valence-corrected chi connectivity index (χ2v) is 11.0. The summed E-state index contributed by atoms with van der Waals surface area (Å²) in [4.78, 5) is 27.5. The van der Waals surface area contributed by atoms with Crippen molar-refractivity contribution in [3.8, 4) is 0 Å². The summed E-state index contributed by atoms with van der Waals surface area (Å²) in [6, 6.07) is 16.2. The number of hydrogen-bond acceptors (Lipinski definition) is 4. The minimum absolute atomic E-state index is 0.131. The molecule has 0 aliphatic rings. The quantitative estimate of drug-likeness (QED) is 0.494. The van der Waals surface area contributed by atoms with Gasteiger partial charge in [0.25, 0.3) is 0 Å². The van der Waals surface area contributed by atoms with Crippen LogP contribution in [0.5, 0.6) is 0 Å². The van der Waals surface area contributed by atoms with Gasteiger partial charge in [0.15, 0.2) is 0 Å². The van der Waals surface area contributed by atoms with Crippen molar-refractivity contribution in [1.29, 1.82) is 0 Å². The van der Waals surface area contributed by atoms with E-state index in [0.717, 1.165) is 11.1 Å². The van der Waals surface area contributed by atoms with Gasteiger partial charge >= 0.3 is 0 Å². The van der Waals surface area contributed by atoms with E-state index in [2.05, 4.69) is 5.32 Å². The van der Waals surface area contributed by atoms with E-state index < -0.39 is 16.1 Å². The third-order valence-corrected chi connectivity index (χ3v) is 6.68. The van der Waals surface area contributed by atoms with Crippen LogP contribution in [0.15, 0.2) is 54.6 Å². The molecule has 1 N–H and O–H groups in total. The number of amides is 2. The average Bonchev–Trinajstić information content (AvgIpc) is 2.77. The lowest BCUT2D eigenvalue weighted by atomic mass is 10.1. The summed E-state index contributed by atoms with van der Waals surface area (Å²) in [6.07, 6.45) is 1.64. The topological polar surface area (TPSA) is 86.8 Å². The van der Waals surface area contributed by atoms with Crippen molar-refractivity contribution >= 4 is 27.5 Å². The highest BCUT2D eigenvalue weighted by molar-refractivity contribution is 7.92. The summed E-state index contributed by atoms with van der Waals surface area (Å²) in [5.74, 6) is -0.0812. The maximum absolute atomic E-state index is 13.2. The predicted molar refractivity (Wildman–Crippen MR) is 137 cm³/mol. The minimum atomic E-state index is -3.50. The third kappa shape index (κ3) is 8.48. The Balaban J connectivity index is 2.13. The molecule has 0 saturated heterocycles. The molecule has 0 saturated carbocycles. The third-order valence-electron chi connectivity index (χ3n) is 5.49. The number of benzene rings is 2. The van der Waals surface area contributed by atoms with Crippen LogP contribution in [0.1, 0.15) is 44.7 Å². The molecule has 186 valence electrons. The highest BCUT2D eigenvalue weighted by atomic mass is 32.2. The Hall–Kier alpha value is -2.87. The molecule has 1 atom stereocenters. The van der Waals surface area contributed by atoms with Crippen molar-refractivity contribution in [3.63, 3.8) is 0 Å². The first-order valence-corrected chi connectivity index (χ1v) is 13.5. The van der Waals surface area contributed by atoms with Crippen molar-refractivity contribution < 1.29 is 18.0 Å². The second-order valence-electron chi connectivity index (χ2n) is 9.10. The molecule has 0 aliphatic carbocycles. The Morgan fingerprint density at radius 2 is 1.68 bits per heavy atom. The van der Waals surface area contributed by atoms with E-state index in [-0.39, 0.29) is 24.8 Å². The summed E-state index contributed by atoms with van der Waals surface area (Å²) in [5.41, 5.74) is 2.46. The number of anilines is 1. The van der Waals surface area contributed by atoms with E-state index >= 15 is 0 Å². The fraction of sp³-hybridized carbons (Fsp3) is 0.462. The Morgan fingerprint density at radius 1 is 1.00 bits per heavy atom. The molecule has 0 aromatic heterocycles. The van der Waals surface area contributed by atoms with Crippen molar-refractivity contribution in [3.05, 3.63) is 65.7 Å². The Kier molecular flexibility index (Phi) is 10.1. The van der Waals surface area contributed by atoms with Crippen molar-refractivity contribution in [2.24, 2.45) is 5.92 Å². The van der Waals surface area contributed by atoms with Crippen LogP contribution >= 0.6 is 0 Å². The highest BCUT2D eigenvalue weighted by Gasteiger charge is 2.26. The van der Waals surface area contributed by atoms with Gasteiger partial charge in [0, 0.05) is 26.1 Å². The van der Waals surface area contributed by atoms with E-state index in [4.69, 9.17) is 0 Å². The molecular formula is C26H37N3O4S. The number of rotatable bonds is 12. The largest absolute Gasteiger partial charge is 0.354 e. The molecule has 2 amide bonds. The zero-order valence-corrected chi connectivity index (χ0v) is 21.6. The van der Waals surface area contributed by atoms with Gasteiger partial charge in [-0.3, -0.25) is 13.9 Å². The molecule has 0 bridgehead atoms. The standard InChI is InChI=1S/C26H37N3O4S/c1-20(2)18-27-26(31)22(4)28(19-23-12-7-6-8-13-23)25(30)15-10-16-29(34(5,32)33)24-14-9-11-21(3)17-24/h6-9,11-14,17,20,22H,10,15-16,18-19H2,1-5H3,(H,27,31). The molecule has 34 heavy (non-hydrogen) atoms. The molecule has 1 unspecified atom stereocenters. The van der Waals surface area contributed by atoms with Gasteiger partial charge in [-0.2, -0.15) is 0 Å². The first-order valence-electron chi connectivity index (χ1n) is 11.6. The molecule has 0 radical (unpaired) electrons. The SMILES string of the molecule is Cc1cccc(N(CCCC(=O)N(Cc2ccccc2)C(C)C(=O)NCC(C)C)S(C)(=O)=O)c1. The Bertz CT molecular complexity index is 1050. The van der Waals surface area contributed by atoms with E-state index in [1.165, 1.54) is 10.6 Å². The number of carbonyl (C=O) groups is 2. The van der Waals surface area contributed by atoms with Gasteiger partial charge < -0.3 is 10.2 Å². The fourth-order valence-electron chi connectivity index (χ4n) is 3.60. The lowest BCUT2D eigenvalue weighted by Crippen LogP contribution is -2.48. The highest BCUT2D eigenvalue weighted by Crippen LogP contribution is 2.20. The Morgan fingerprint density at radius 3 is 2.26 bits per heavy atom. The summed E-state index contributed by atoms with van der Waals surface area (Å²) in [7, 11) is -3.50. The van der Waals surface area contributed by atoms with E-state index in [9.17, 15) is 18.0 Å². The number of nitrogens with zero attached hydrogens (tertiary/aromatic N) is 2. The van der Waals surface area contributed by atoms with Crippen molar-refractivity contribution in [1.82, 2.24) is 10.2 Å². The molecule has 0 fully saturated rings. The van der Waals surface area contributed by atoms with Gasteiger partial charge in [-0.1, -0.05) is 56.3 Å². The lowest BCUT2D eigenvalue weighted by molar-refractivity contribution is -0.140. The van der Waals surface area contributed by atoms with E-state index in [0.29, 0.717) is 31.1 Å². The smallest absolute Gasteiger partial charge is 0.242 e. The summed E-state index contributed by atoms with van der Waals surface area (Å²) in [5, 5.41) is 2.90. The Labute approximate surface area is 204 Å². The normalized spacial score (nSPS) is 12.3. The summed E-state index contributed by atoms with van der Waals surface area (Å²) >= 11 is 0. The summed E-state index contributed by atoms with van der Waals surface area (Å²) < 4.78 is 26.1. The fourth-order valence-corrected chi connectivity index (χ4v) is 4.56. The number of nitrogens with one attached hydrogen (secondary N) is 1. The van der Waals surface area contributed by atoms with Gasteiger partial charge in [-0.25, -0.2) is 8.42 Å². The zero-order chi connectivity index (χ0) is 25.3. The number of aryl methyl sites for hydroxylation is 1. The number of hydrogen-bond donors (Lipinski definition) is 1. The molecule has 7 nitrogen and oxygen atoms in total. The van der Waals surface area contributed by atoms with Crippen LogP contribution in [-0.4, -0.2) is 50.5 Å². The maximum Gasteiger partial charge on any atom is 0.242 e. The van der Waals surface area contributed by atoms with Crippen LogP contribution in [0.4, 0.5) is 5.69 Å². The average molecular weight is 488 g/mol. The molecule has 2 aromatic carbocycles. The van der Waals surface area contributed by atoms with Gasteiger partial charge in [0.1, 0.15) is 6.04 Å². The van der Waals surface area contributed by atoms with Crippen LogP contribution in [0, 0.1) is 12.8 Å². The van der Waals surface area contributed by atoms with Gasteiger partial charge in [-0.05, 0) is 49.4 Å². The van der Waals surface area contributed by atoms with E-state index in [1.54, 1.807) is 17.9 Å². The first-order chi connectivity index (χ1) is 16.0. The van der Waals surface area contributed by atoms with Crippen LogP contribution in [-0.2, 0) is 26.2 Å². The number of carbonyl (C=O) groups excluding carboxylic acids is 2. The van der Waals surface area contributed by atoms with Crippen LogP contribution in [0.25, 0.3) is 0 Å². The van der Waals surface area contributed by atoms with Gasteiger partial charge in [-0.15, -0.1) is 0 Å². The van der Waals surface area contributed by atoms with E-state index in [1.807, 2.05) is 69.3 Å². The van der Waals surface area contributed by atoms with Crippen LogP contribution < -0.4 is 9.62 Å². The molecular weight excluding hydrogens is 450 g/mol. The minimum Gasteiger partial charge on any atom is -0.354 e. The van der Waals surface area contributed by atoms with Crippen molar-refractivity contribution in [2.45, 2.75) is 53.1 Å². The number of sulfonamides is 1. The second kappa shape index (κ2) is 12.6. The molecule has 8 heteroatoms. The molecule has 2 aromatic rings. The predicted octanol–water partition coefficient (Wildman–Crippen LogP) is 3.73. The van der Waals surface area contributed by atoms with Gasteiger partial charge in [0.2, 0.25) is 21.8 Å². The summed E-state index contributed by atoms with van der Waals surface area (Å²) in [6.45, 7) is 8.69. The van der Waals surface area contributed by atoms with Crippen molar-refractivity contribution in [2.75, 3.05) is 23.7 Å². The molecule has 2 rings (SSSR count).